The Morgan fingerprint density at radius 3 is 2.81 bits per heavy atom. The molecule has 0 bridgehead atoms. The summed E-state index contributed by atoms with van der Waals surface area (Å²) >= 11 is 1.17. The van der Waals surface area contributed by atoms with Gasteiger partial charge in [-0.2, -0.15) is 10.5 Å². The first-order chi connectivity index (χ1) is 13.0. The number of amides is 1. The average molecular weight is 377 g/mol. The van der Waals surface area contributed by atoms with E-state index >= 15 is 0 Å². The van der Waals surface area contributed by atoms with Crippen LogP contribution in [0.15, 0.2) is 35.4 Å². The molecule has 1 atom stereocenters. The molecule has 0 spiro atoms. The van der Waals surface area contributed by atoms with Crippen molar-refractivity contribution in [3.63, 3.8) is 0 Å². The smallest absolute Gasteiger partial charge is 0.233 e. The lowest BCUT2D eigenvalue weighted by atomic mass is 9.87. The molecule has 3 rings (SSSR count). The summed E-state index contributed by atoms with van der Waals surface area (Å²) in [5.41, 5.74) is 8.67. The van der Waals surface area contributed by atoms with Crippen molar-refractivity contribution in [2.45, 2.75) is 30.3 Å². The Hall–Kier alpha value is -3.03. The van der Waals surface area contributed by atoms with E-state index in [1.165, 1.54) is 29.0 Å². The number of aryl methyl sites for hydroxylation is 1. The molecule has 136 valence electrons. The van der Waals surface area contributed by atoms with Gasteiger partial charge in [0.15, 0.2) is 0 Å². The van der Waals surface area contributed by atoms with Crippen LogP contribution in [0.4, 0.5) is 5.82 Å². The van der Waals surface area contributed by atoms with Crippen molar-refractivity contribution in [3.05, 3.63) is 52.6 Å². The number of rotatable bonds is 4. The largest absolute Gasteiger partial charge is 0.383 e. The Morgan fingerprint density at radius 2 is 2.07 bits per heavy atom. The molecule has 0 fully saturated rings. The van der Waals surface area contributed by atoms with Gasteiger partial charge in [-0.3, -0.25) is 4.79 Å². The van der Waals surface area contributed by atoms with Crippen LogP contribution < -0.4 is 5.73 Å². The van der Waals surface area contributed by atoms with Crippen LogP contribution in [0.5, 0.6) is 0 Å². The van der Waals surface area contributed by atoms with Crippen molar-refractivity contribution in [1.29, 1.82) is 10.5 Å². The molecule has 2 N–H and O–H groups in total. The molecule has 2 aromatic rings. The molecule has 1 heterocycles. The second-order valence-corrected chi connectivity index (χ2v) is 7.36. The number of hydrogen-bond donors (Lipinski definition) is 1. The van der Waals surface area contributed by atoms with Gasteiger partial charge >= 0.3 is 0 Å². The van der Waals surface area contributed by atoms with E-state index in [9.17, 15) is 10.1 Å². The lowest BCUT2D eigenvalue weighted by Crippen LogP contribution is -2.34. The fourth-order valence-corrected chi connectivity index (χ4v) is 4.21. The van der Waals surface area contributed by atoms with E-state index in [0.717, 1.165) is 19.3 Å². The third-order valence-corrected chi connectivity index (χ3v) is 5.76. The summed E-state index contributed by atoms with van der Waals surface area (Å²) in [6.45, 7) is 0. The van der Waals surface area contributed by atoms with Crippen LogP contribution in [0.3, 0.4) is 0 Å². The number of nitrogens with zero attached hydrogens (tertiary/aromatic N) is 4. The molecule has 6 nitrogen and oxygen atoms in total. The van der Waals surface area contributed by atoms with Gasteiger partial charge < -0.3 is 10.6 Å². The highest BCUT2D eigenvalue weighted by molar-refractivity contribution is 8.00. The number of anilines is 1. The number of aromatic nitrogens is 1. The fraction of sp³-hybridized carbons (Fsp3) is 0.300. The van der Waals surface area contributed by atoms with E-state index in [4.69, 9.17) is 11.0 Å². The minimum atomic E-state index is -0.0321. The molecule has 1 aromatic heterocycles. The maximum absolute atomic E-state index is 12.7. The summed E-state index contributed by atoms with van der Waals surface area (Å²) in [6.07, 6.45) is 3.04. The standard InChI is InChI=1S/C20H19N5OS/c1-25(17-8-4-6-13-5-2-3-7-16(13)17)18(26)12-27-20-15(11-22)9-14(10-21)19(23)24-20/h2-3,5,7,9,17H,4,6,8,12H2,1H3,(H2,23,24)/t17-/m1/s1. The maximum atomic E-state index is 12.7. The van der Waals surface area contributed by atoms with Gasteiger partial charge in [0.1, 0.15) is 23.0 Å². The summed E-state index contributed by atoms with van der Waals surface area (Å²) in [6, 6.07) is 13.7. The summed E-state index contributed by atoms with van der Waals surface area (Å²) in [5, 5.41) is 18.6. The van der Waals surface area contributed by atoms with Crippen LogP contribution in [0.25, 0.3) is 0 Å². The van der Waals surface area contributed by atoms with Gasteiger partial charge in [0.25, 0.3) is 0 Å². The lowest BCUT2D eigenvalue weighted by Gasteiger charge is -2.33. The van der Waals surface area contributed by atoms with Crippen molar-refractivity contribution in [2.75, 3.05) is 18.5 Å². The van der Waals surface area contributed by atoms with E-state index in [-0.39, 0.29) is 34.6 Å². The van der Waals surface area contributed by atoms with Crippen LogP contribution in [0.1, 0.15) is 41.1 Å². The van der Waals surface area contributed by atoms with Crippen LogP contribution in [-0.4, -0.2) is 28.6 Å². The normalized spacial score (nSPS) is 15.3. The van der Waals surface area contributed by atoms with E-state index < -0.39 is 0 Å². The maximum Gasteiger partial charge on any atom is 0.233 e. The summed E-state index contributed by atoms with van der Waals surface area (Å²) in [4.78, 5) is 18.6. The van der Waals surface area contributed by atoms with Gasteiger partial charge in [-0.05, 0) is 36.5 Å². The number of nitriles is 2. The Morgan fingerprint density at radius 1 is 1.33 bits per heavy atom. The van der Waals surface area contributed by atoms with E-state index in [1.807, 2.05) is 31.3 Å². The molecule has 1 aliphatic rings. The molecule has 7 heteroatoms. The highest BCUT2D eigenvalue weighted by Crippen LogP contribution is 2.34. The Labute approximate surface area is 162 Å². The number of thioether (sulfide) groups is 1. The fourth-order valence-electron chi connectivity index (χ4n) is 3.33. The quantitative estimate of drug-likeness (QED) is 0.821. The van der Waals surface area contributed by atoms with Gasteiger partial charge in [-0.1, -0.05) is 36.0 Å². The molecule has 27 heavy (non-hydrogen) atoms. The number of nitrogens with two attached hydrogens (primary N) is 1. The van der Waals surface area contributed by atoms with Gasteiger partial charge in [-0.15, -0.1) is 0 Å². The summed E-state index contributed by atoms with van der Waals surface area (Å²) < 4.78 is 0. The topological polar surface area (TPSA) is 107 Å². The molecule has 1 aromatic carbocycles. The Bertz CT molecular complexity index is 960. The second-order valence-electron chi connectivity index (χ2n) is 6.40. The van der Waals surface area contributed by atoms with Crippen LogP contribution in [0, 0.1) is 22.7 Å². The third-order valence-electron chi connectivity index (χ3n) is 4.79. The zero-order chi connectivity index (χ0) is 19.4. The first kappa shape index (κ1) is 18.8. The van der Waals surface area contributed by atoms with Crippen molar-refractivity contribution >= 4 is 23.5 Å². The molecule has 1 aliphatic carbocycles. The first-order valence-corrected chi connectivity index (χ1v) is 9.60. The summed E-state index contributed by atoms with van der Waals surface area (Å²) in [5.74, 6) is 0.193. The van der Waals surface area contributed by atoms with E-state index in [1.54, 1.807) is 4.90 Å². The monoisotopic (exact) mass is 377 g/mol. The van der Waals surface area contributed by atoms with Gasteiger partial charge in [-0.25, -0.2) is 4.98 Å². The second kappa shape index (κ2) is 8.11. The third kappa shape index (κ3) is 3.89. The highest BCUT2D eigenvalue weighted by Gasteiger charge is 2.26. The van der Waals surface area contributed by atoms with Gasteiger partial charge in [0, 0.05) is 7.05 Å². The van der Waals surface area contributed by atoms with Crippen LogP contribution in [-0.2, 0) is 11.2 Å². The first-order valence-electron chi connectivity index (χ1n) is 8.62. The molecule has 1 amide bonds. The number of carbonyl (C=O) groups is 1. The van der Waals surface area contributed by atoms with Crippen molar-refractivity contribution < 1.29 is 4.79 Å². The molecule has 0 saturated carbocycles. The Balaban J connectivity index is 1.73. The average Bonchev–Trinajstić information content (AvgIpc) is 2.71. The number of carbonyl (C=O) groups excluding carboxylic acids is 1. The zero-order valence-corrected chi connectivity index (χ0v) is 15.8. The van der Waals surface area contributed by atoms with E-state index in [2.05, 4.69) is 17.1 Å². The molecule has 0 saturated heterocycles. The molecule has 0 radical (unpaired) electrons. The zero-order valence-electron chi connectivity index (χ0n) is 15.0. The predicted molar refractivity (Wildman–Crippen MR) is 104 cm³/mol. The van der Waals surface area contributed by atoms with E-state index in [0.29, 0.717) is 5.03 Å². The minimum Gasteiger partial charge on any atom is -0.383 e. The van der Waals surface area contributed by atoms with Gasteiger partial charge in [0.05, 0.1) is 22.9 Å². The SMILES string of the molecule is CN(C(=O)CSc1nc(N)c(C#N)cc1C#N)[C@@H]1CCCc2ccccc21. The number of benzene rings is 1. The van der Waals surface area contributed by atoms with Gasteiger partial charge in [0.2, 0.25) is 5.91 Å². The molecular formula is C20H19N5OS. The minimum absolute atomic E-state index is 0.0321. The van der Waals surface area contributed by atoms with Crippen molar-refractivity contribution in [1.82, 2.24) is 9.88 Å². The molecule has 0 aliphatic heterocycles. The summed E-state index contributed by atoms with van der Waals surface area (Å²) in [7, 11) is 1.82. The number of pyridine rings is 1. The number of hydrogen-bond acceptors (Lipinski definition) is 6. The van der Waals surface area contributed by atoms with Crippen molar-refractivity contribution in [3.8, 4) is 12.1 Å². The number of fused-ring (bicyclic) bond motifs is 1. The Kier molecular flexibility index (Phi) is 5.63. The molecular weight excluding hydrogens is 358 g/mol. The van der Waals surface area contributed by atoms with Crippen molar-refractivity contribution in [2.24, 2.45) is 0 Å². The number of nitrogen functional groups attached to an aromatic ring is 1. The predicted octanol–water partition coefficient (Wildman–Crippen LogP) is 3.04. The molecule has 0 unspecified atom stereocenters. The lowest BCUT2D eigenvalue weighted by molar-refractivity contribution is -0.129. The van der Waals surface area contributed by atoms with Crippen LogP contribution >= 0.6 is 11.8 Å². The highest BCUT2D eigenvalue weighted by atomic mass is 32.2. The van der Waals surface area contributed by atoms with Crippen LogP contribution in [0.2, 0.25) is 0 Å².